The van der Waals surface area contributed by atoms with Crippen molar-refractivity contribution < 1.29 is 10.0 Å². The van der Waals surface area contributed by atoms with Crippen LogP contribution in [0.4, 0.5) is 11.4 Å². The molecule has 0 aliphatic carbocycles. The summed E-state index contributed by atoms with van der Waals surface area (Å²) in [5.74, 6) is 0. The molecule has 18 heavy (non-hydrogen) atoms. The second-order valence-corrected chi connectivity index (χ2v) is 4.86. The van der Waals surface area contributed by atoms with E-state index in [1.807, 2.05) is 6.92 Å². The highest BCUT2D eigenvalue weighted by Crippen LogP contribution is 2.33. The van der Waals surface area contributed by atoms with Crippen molar-refractivity contribution in [3.8, 4) is 0 Å². The third-order valence-corrected chi connectivity index (χ3v) is 3.07. The average molecular weight is 273 g/mol. The van der Waals surface area contributed by atoms with Crippen LogP contribution in [0, 0.1) is 17.0 Å². The first-order valence-electron chi connectivity index (χ1n) is 5.71. The van der Waals surface area contributed by atoms with Crippen molar-refractivity contribution in [3.05, 3.63) is 32.8 Å². The van der Waals surface area contributed by atoms with Crippen molar-refractivity contribution in [3.63, 3.8) is 0 Å². The molecule has 6 heteroatoms. The van der Waals surface area contributed by atoms with Crippen LogP contribution < -0.4 is 5.32 Å². The number of nitrogens with zero attached hydrogens (tertiary/aromatic N) is 1. The van der Waals surface area contributed by atoms with Crippen molar-refractivity contribution in [2.45, 2.75) is 39.3 Å². The summed E-state index contributed by atoms with van der Waals surface area (Å²) in [7, 11) is 0. The summed E-state index contributed by atoms with van der Waals surface area (Å²) in [5.41, 5.74) is 1.05. The monoisotopic (exact) mass is 272 g/mol. The Morgan fingerprint density at radius 3 is 2.61 bits per heavy atom. The van der Waals surface area contributed by atoms with Crippen molar-refractivity contribution in [2.24, 2.45) is 0 Å². The molecule has 2 unspecified atom stereocenters. The maximum absolute atomic E-state index is 11.0. The minimum absolute atomic E-state index is 0.00524. The van der Waals surface area contributed by atoms with Crippen LogP contribution in [-0.2, 0) is 0 Å². The summed E-state index contributed by atoms with van der Waals surface area (Å²) < 4.78 is 0. The SMILES string of the molecule is Cc1c(Cl)ccc([N+](=O)[O-])c1NC(C)CC(C)O. The van der Waals surface area contributed by atoms with Crippen LogP contribution in [0.25, 0.3) is 0 Å². The number of nitrogens with one attached hydrogen (secondary N) is 1. The van der Waals surface area contributed by atoms with Gasteiger partial charge in [0.05, 0.1) is 11.0 Å². The molecule has 0 aromatic heterocycles. The number of nitro benzene ring substituents is 1. The van der Waals surface area contributed by atoms with Gasteiger partial charge in [-0.05, 0) is 38.8 Å². The molecule has 1 aromatic rings. The molecular formula is C12H17ClN2O3. The van der Waals surface area contributed by atoms with E-state index < -0.39 is 11.0 Å². The summed E-state index contributed by atoms with van der Waals surface area (Å²) in [6.07, 6.45) is 0.0365. The standard InChI is InChI=1S/C12H17ClN2O3/c1-7(6-8(2)16)14-12-9(3)10(13)4-5-11(12)15(17)18/h4-5,7-8,14,16H,6H2,1-3H3. The molecule has 0 heterocycles. The fraction of sp³-hybridized carbons (Fsp3) is 0.500. The molecule has 100 valence electrons. The number of aliphatic hydroxyl groups excluding tert-OH is 1. The van der Waals surface area contributed by atoms with Gasteiger partial charge in [-0.15, -0.1) is 0 Å². The van der Waals surface area contributed by atoms with Crippen molar-refractivity contribution in [1.82, 2.24) is 0 Å². The highest BCUT2D eigenvalue weighted by Gasteiger charge is 2.19. The lowest BCUT2D eigenvalue weighted by molar-refractivity contribution is -0.384. The lowest BCUT2D eigenvalue weighted by Crippen LogP contribution is -2.21. The van der Waals surface area contributed by atoms with E-state index >= 15 is 0 Å². The van der Waals surface area contributed by atoms with E-state index in [0.717, 1.165) is 0 Å². The van der Waals surface area contributed by atoms with E-state index in [4.69, 9.17) is 11.6 Å². The van der Waals surface area contributed by atoms with Gasteiger partial charge in [0.1, 0.15) is 5.69 Å². The van der Waals surface area contributed by atoms with Crippen LogP contribution in [0.3, 0.4) is 0 Å². The third-order valence-electron chi connectivity index (χ3n) is 2.66. The van der Waals surface area contributed by atoms with Gasteiger partial charge in [0.15, 0.2) is 0 Å². The Balaban J connectivity index is 3.05. The van der Waals surface area contributed by atoms with Crippen LogP contribution in [-0.4, -0.2) is 22.2 Å². The Morgan fingerprint density at radius 2 is 2.11 bits per heavy atom. The molecule has 2 atom stereocenters. The quantitative estimate of drug-likeness (QED) is 0.638. The van der Waals surface area contributed by atoms with E-state index in [0.29, 0.717) is 22.7 Å². The largest absolute Gasteiger partial charge is 0.393 e. The van der Waals surface area contributed by atoms with E-state index in [-0.39, 0.29) is 11.7 Å². The van der Waals surface area contributed by atoms with Crippen LogP contribution in [0.5, 0.6) is 0 Å². The molecule has 2 N–H and O–H groups in total. The first kappa shape index (κ1) is 14.7. The Hall–Kier alpha value is -1.33. The third kappa shape index (κ3) is 3.58. The number of nitro groups is 1. The maximum Gasteiger partial charge on any atom is 0.292 e. The lowest BCUT2D eigenvalue weighted by atomic mass is 10.1. The zero-order valence-corrected chi connectivity index (χ0v) is 11.4. The van der Waals surface area contributed by atoms with Crippen molar-refractivity contribution in [2.75, 3.05) is 5.32 Å². The second kappa shape index (κ2) is 6.02. The molecule has 0 fully saturated rings. The summed E-state index contributed by atoms with van der Waals surface area (Å²) in [4.78, 5) is 10.5. The van der Waals surface area contributed by atoms with Gasteiger partial charge in [-0.3, -0.25) is 10.1 Å². The van der Waals surface area contributed by atoms with Gasteiger partial charge in [-0.1, -0.05) is 11.6 Å². The molecule has 0 saturated carbocycles. The van der Waals surface area contributed by atoms with Crippen molar-refractivity contribution >= 4 is 23.0 Å². The molecule has 0 spiro atoms. The number of hydrogen-bond donors (Lipinski definition) is 2. The fourth-order valence-corrected chi connectivity index (χ4v) is 1.98. The molecule has 0 aliphatic heterocycles. The fourth-order valence-electron chi connectivity index (χ4n) is 1.82. The highest BCUT2D eigenvalue weighted by atomic mass is 35.5. The maximum atomic E-state index is 11.0. The first-order valence-corrected chi connectivity index (χ1v) is 6.08. The summed E-state index contributed by atoms with van der Waals surface area (Å²) in [6.45, 7) is 5.26. The second-order valence-electron chi connectivity index (χ2n) is 4.45. The molecule has 1 aromatic carbocycles. The minimum atomic E-state index is -0.467. The normalized spacial score (nSPS) is 14.1. The minimum Gasteiger partial charge on any atom is -0.393 e. The van der Waals surface area contributed by atoms with Crippen LogP contribution in [0.2, 0.25) is 5.02 Å². The number of halogens is 1. The first-order chi connectivity index (χ1) is 8.32. The Kier molecular flexibility index (Phi) is 4.93. The highest BCUT2D eigenvalue weighted by molar-refractivity contribution is 6.31. The van der Waals surface area contributed by atoms with Crippen molar-refractivity contribution in [1.29, 1.82) is 0 Å². The number of aliphatic hydroxyl groups is 1. The van der Waals surface area contributed by atoms with E-state index in [1.54, 1.807) is 13.8 Å². The van der Waals surface area contributed by atoms with Crippen LogP contribution in [0.1, 0.15) is 25.8 Å². The van der Waals surface area contributed by atoms with Gasteiger partial charge in [0.25, 0.3) is 5.69 Å². The van der Waals surface area contributed by atoms with Gasteiger partial charge in [-0.25, -0.2) is 0 Å². The predicted octanol–water partition coefficient (Wildman–Crippen LogP) is 3.13. The predicted molar refractivity (Wildman–Crippen MR) is 72.2 cm³/mol. The zero-order chi connectivity index (χ0) is 13.9. The van der Waals surface area contributed by atoms with Gasteiger partial charge < -0.3 is 10.4 Å². The molecule has 0 aliphatic rings. The van der Waals surface area contributed by atoms with Gasteiger partial charge in [-0.2, -0.15) is 0 Å². The molecular weight excluding hydrogens is 256 g/mol. The summed E-state index contributed by atoms with van der Waals surface area (Å²) in [5, 5.41) is 23.8. The van der Waals surface area contributed by atoms with Gasteiger partial charge in [0, 0.05) is 17.1 Å². The van der Waals surface area contributed by atoms with Gasteiger partial charge >= 0.3 is 0 Å². The molecule has 1 rings (SSSR count). The molecule has 0 radical (unpaired) electrons. The zero-order valence-electron chi connectivity index (χ0n) is 10.6. The molecule has 0 amide bonds. The smallest absolute Gasteiger partial charge is 0.292 e. The van der Waals surface area contributed by atoms with Crippen LogP contribution in [0.15, 0.2) is 12.1 Å². The molecule has 0 bridgehead atoms. The topological polar surface area (TPSA) is 75.4 Å². The molecule has 5 nitrogen and oxygen atoms in total. The Bertz CT molecular complexity index is 449. The van der Waals surface area contributed by atoms with E-state index in [9.17, 15) is 15.2 Å². The molecule has 0 saturated heterocycles. The Morgan fingerprint density at radius 1 is 1.50 bits per heavy atom. The summed E-state index contributed by atoms with van der Waals surface area (Å²) >= 11 is 5.97. The number of hydrogen-bond acceptors (Lipinski definition) is 4. The Labute approximate surface area is 111 Å². The van der Waals surface area contributed by atoms with Crippen LogP contribution >= 0.6 is 11.6 Å². The number of anilines is 1. The summed E-state index contributed by atoms with van der Waals surface area (Å²) in [6, 6.07) is 2.81. The van der Waals surface area contributed by atoms with E-state index in [2.05, 4.69) is 5.32 Å². The van der Waals surface area contributed by atoms with Gasteiger partial charge in [0.2, 0.25) is 0 Å². The number of rotatable bonds is 5. The number of benzene rings is 1. The average Bonchev–Trinajstić information content (AvgIpc) is 2.23. The lowest BCUT2D eigenvalue weighted by Gasteiger charge is -2.18. The van der Waals surface area contributed by atoms with E-state index in [1.165, 1.54) is 12.1 Å².